The second-order valence-electron chi connectivity index (χ2n) is 6.79. The number of aromatic nitrogens is 1. The Bertz CT molecular complexity index is 999. The van der Waals surface area contributed by atoms with Gasteiger partial charge in [-0.1, -0.05) is 0 Å². The molecule has 0 spiro atoms. The van der Waals surface area contributed by atoms with Crippen LogP contribution in [0.4, 0.5) is 10.2 Å². The zero-order valence-electron chi connectivity index (χ0n) is 16.1. The van der Waals surface area contributed by atoms with Gasteiger partial charge in [0.05, 0.1) is 17.1 Å². The molecule has 0 saturated carbocycles. The summed E-state index contributed by atoms with van der Waals surface area (Å²) >= 11 is 0. The normalized spacial score (nSPS) is 15.1. The van der Waals surface area contributed by atoms with Crippen LogP contribution in [0, 0.1) is 23.1 Å². The van der Waals surface area contributed by atoms with Crippen molar-refractivity contribution in [3.63, 3.8) is 0 Å². The number of hydrogen-bond acceptors (Lipinski definition) is 6. The Kier molecular flexibility index (Phi) is 6.67. The quantitative estimate of drug-likeness (QED) is 0.743. The van der Waals surface area contributed by atoms with Crippen LogP contribution >= 0.6 is 0 Å². The number of anilines is 1. The summed E-state index contributed by atoms with van der Waals surface area (Å²) in [6.07, 6.45) is 3.19. The van der Waals surface area contributed by atoms with Gasteiger partial charge >= 0.3 is 0 Å². The number of nitrogens with zero attached hydrogens (tertiary/aromatic N) is 3. The third kappa shape index (κ3) is 5.02. The van der Waals surface area contributed by atoms with Crippen molar-refractivity contribution >= 4 is 15.8 Å². The Balaban J connectivity index is 1.57. The minimum Gasteiger partial charge on any atom is -0.491 e. The number of piperidine rings is 1. The molecule has 1 aromatic heterocycles. The van der Waals surface area contributed by atoms with E-state index in [1.54, 1.807) is 25.3 Å². The summed E-state index contributed by atoms with van der Waals surface area (Å²) in [6, 6.07) is 9.25. The maximum atomic E-state index is 14.0. The Morgan fingerprint density at radius 1 is 1.34 bits per heavy atom. The molecule has 1 aliphatic heterocycles. The summed E-state index contributed by atoms with van der Waals surface area (Å²) in [5.41, 5.74) is 0.532. The number of halogens is 1. The van der Waals surface area contributed by atoms with Gasteiger partial charge in [-0.15, -0.1) is 0 Å². The maximum Gasteiger partial charge on any atom is 0.240 e. The van der Waals surface area contributed by atoms with Gasteiger partial charge in [-0.25, -0.2) is 22.5 Å². The molecule has 1 aromatic carbocycles. The van der Waals surface area contributed by atoms with Gasteiger partial charge in [0, 0.05) is 25.8 Å². The van der Waals surface area contributed by atoms with Gasteiger partial charge in [0.1, 0.15) is 11.9 Å². The van der Waals surface area contributed by atoms with Crippen molar-refractivity contribution in [3.05, 3.63) is 47.9 Å². The highest BCUT2D eigenvalue weighted by Crippen LogP contribution is 2.25. The van der Waals surface area contributed by atoms with E-state index in [1.165, 1.54) is 12.1 Å². The van der Waals surface area contributed by atoms with Gasteiger partial charge in [-0.05, 0) is 56.0 Å². The van der Waals surface area contributed by atoms with Crippen LogP contribution in [-0.4, -0.2) is 39.6 Å². The van der Waals surface area contributed by atoms with E-state index >= 15 is 0 Å². The number of nitriles is 1. The molecule has 2 aromatic rings. The van der Waals surface area contributed by atoms with Gasteiger partial charge in [0.2, 0.25) is 10.0 Å². The second kappa shape index (κ2) is 9.20. The highest BCUT2D eigenvalue weighted by molar-refractivity contribution is 7.89. The van der Waals surface area contributed by atoms with Crippen molar-refractivity contribution in [2.24, 2.45) is 5.92 Å². The number of pyridine rings is 1. The zero-order chi connectivity index (χ0) is 20.9. The average molecular weight is 418 g/mol. The van der Waals surface area contributed by atoms with Crippen molar-refractivity contribution in [2.45, 2.75) is 24.7 Å². The van der Waals surface area contributed by atoms with Crippen LogP contribution in [-0.2, 0) is 10.0 Å². The molecule has 154 valence electrons. The Morgan fingerprint density at radius 2 is 2.10 bits per heavy atom. The third-order valence-electron chi connectivity index (χ3n) is 4.90. The van der Waals surface area contributed by atoms with Crippen molar-refractivity contribution in [2.75, 3.05) is 31.1 Å². The molecule has 29 heavy (non-hydrogen) atoms. The number of sulfonamides is 1. The van der Waals surface area contributed by atoms with Gasteiger partial charge in [0.25, 0.3) is 0 Å². The van der Waals surface area contributed by atoms with E-state index in [-0.39, 0.29) is 23.1 Å². The minimum absolute atomic E-state index is 0.0325. The first-order chi connectivity index (χ1) is 13.9. The van der Waals surface area contributed by atoms with E-state index in [0.29, 0.717) is 31.1 Å². The van der Waals surface area contributed by atoms with Crippen LogP contribution in [0.15, 0.2) is 41.4 Å². The van der Waals surface area contributed by atoms with E-state index in [4.69, 9.17) is 4.74 Å². The summed E-state index contributed by atoms with van der Waals surface area (Å²) in [5, 5.41) is 9.22. The van der Waals surface area contributed by atoms with Crippen LogP contribution in [0.1, 0.15) is 25.3 Å². The summed E-state index contributed by atoms with van der Waals surface area (Å²) in [7, 11) is -3.80. The molecule has 9 heteroatoms. The average Bonchev–Trinajstić information content (AvgIpc) is 2.74. The third-order valence-corrected chi connectivity index (χ3v) is 6.32. The number of benzene rings is 1. The molecule has 7 nitrogen and oxygen atoms in total. The lowest BCUT2D eigenvalue weighted by Crippen LogP contribution is -2.39. The Morgan fingerprint density at radius 3 is 2.76 bits per heavy atom. The van der Waals surface area contributed by atoms with E-state index in [9.17, 15) is 18.1 Å². The molecule has 0 aliphatic carbocycles. The van der Waals surface area contributed by atoms with Crippen LogP contribution in [0.2, 0.25) is 0 Å². The standard InChI is InChI=1S/C20H23FN4O3S/c1-2-28-19-6-5-17(12-18(19)21)29(26,27)24-14-15-7-10-25(11-8-15)20-16(13-22)4-3-9-23-20/h3-6,9,12,15,24H,2,7-8,10-11,14H2,1H3. The first-order valence-corrected chi connectivity index (χ1v) is 10.9. The molecule has 0 radical (unpaired) electrons. The summed E-state index contributed by atoms with van der Waals surface area (Å²) < 4.78 is 46.6. The van der Waals surface area contributed by atoms with Crippen LogP contribution in [0.25, 0.3) is 0 Å². The first-order valence-electron chi connectivity index (χ1n) is 9.46. The minimum atomic E-state index is -3.80. The van der Waals surface area contributed by atoms with Crippen molar-refractivity contribution in [3.8, 4) is 11.8 Å². The van der Waals surface area contributed by atoms with Crippen molar-refractivity contribution in [1.82, 2.24) is 9.71 Å². The van der Waals surface area contributed by atoms with Gasteiger partial charge in [0.15, 0.2) is 11.6 Å². The molecular weight excluding hydrogens is 395 g/mol. The number of ether oxygens (including phenoxy) is 1. The monoisotopic (exact) mass is 418 g/mol. The number of hydrogen-bond donors (Lipinski definition) is 1. The molecule has 2 heterocycles. The van der Waals surface area contributed by atoms with Crippen molar-refractivity contribution < 1.29 is 17.5 Å². The van der Waals surface area contributed by atoms with Crippen LogP contribution in [0.3, 0.4) is 0 Å². The molecule has 1 saturated heterocycles. The van der Waals surface area contributed by atoms with E-state index in [2.05, 4.69) is 15.8 Å². The fraction of sp³-hybridized carbons (Fsp3) is 0.400. The first kappa shape index (κ1) is 21.0. The van der Waals surface area contributed by atoms with E-state index in [1.807, 2.05) is 4.90 Å². The summed E-state index contributed by atoms with van der Waals surface area (Å²) in [4.78, 5) is 6.22. The lowest BCUT2D eigenvalue weighted by Gasteiger charge is -2.33. The SMILES string of the molecule is CCOc1ccc(S(=O)(=O)NCC2CCN(c3ncccc3C#N)CC2)cc1F. The van der Waals surface area contributed by atoms with E-state index < -0.39 is 15.8 Å². The fourth-order valence-electron chi connectivity index (χ4n) is 3.32. The van der Waals surface area contributed by atoms with Crippen molar-refractivity contribution in [1.29, 1.82) is 5.26 Å². The fourth-order valence-corrected chi connectivity index (χ4v) is 4.44. The number of rotatable bonds is 7. The maximum absolute atomic E-state index is 14.0. The molecule has 1 fully saturated rings. The highest BCUT2D eigenvalue weighted by atomic mass is 32.2. The molecule has 0 unspecified atom stereocenters. The largest absolute Gasteiger partial charge is 0.491 e. The molecule has 3 rings (SSSR count). The second-order valence-corrected chi connectivity index (χ2v) is 8.56. The Labute approximate surface area is 170 Å². The molecule has 1 aliphatic rings. The molecular formula is C20H23FN4O3S. The summed E-state index contributed by atoms with van der Waals surface area (Å²) in [6.45, 7) is 3.68. The van der Waals surface area contributed by atoms with Crippen LogP contribution in [0.5, 0.6) is 5.75 Å². The highest BCUT2D eigenvalue weighted by Gasteiger charge is 2.24. The number of nitrogens with one attached hydrogen (secondary N) is 1. The van der Waals surface area contributed by atoms with Gasteiger partial charge in [-0.2, -0.15) is 5.26 Å². The summed E-state index contributed by atoms with van der Waals surface area (Å²) in [5.74, 6) is 0.151. The van der Waals surface area contributed by atoms with Gasteiger partial charge < -0.3 is 9.64 Å². The molecule has 0 bridgehead atoms. The smallest absolute Gasteiger partial charge is 0.240 e. The van der Waals surface area contributed by atoms with E-state index in [0.717, 1.165) is 18.9 Å². The lowest BCUT2D eigenvalue weighted by molar-refractivity contribution is 0.321. The lowest BCUT2D eigenvalue weighted by atomic mass is 9.97. The topological polar surface area (TPSA) is 95.3 Å². The zero-order valence-corrected chi connectivity index (χ0v) is 17.0. The van der Waals surface area contributed by atoms with Crippen LogP contribution < -0.4 is 14.4 Å². The molecule has 0 atom stereocenters. The van der Waals surface area contributed by atoms with Gasteiger partial charge in [-0.3, -0.25) is 0 Å². The predicted molar refractivity (Wildman–Crippen MR) is 107 cm³/mol. The molecule has 0 amide bonds. The predicted octanol–water partition coefficient (Wildman–Crippen LogP) is 2.69. The Hall–Kier alpha value is -2.70. The molecule has 1 N–H and O–H groups in total.